The predicted octanol–water partition coefficient (Wildman–Crippen LogP) is 3.05. The van der Waals surface area contributed by atoms with Crippen LogP contribution in [-0.2, 0) is 24.0 Å². The van der Waals surface area contributed by atoms with Gasteiger partial charge in [-0.05, 0) is 30.5 Å². The molecule has 0 aliphatic heterocycles. The third kappa shape index (κ3) is 4.31. The highest BCUT2D eigenvalue weighted by molar-refractivity contribution is 5.89. The van der Waals surface area contributed by atoms with Gasteiger partial charge in [-0.2, -0.15) is 0 Å². The zero-order valence-corrected chi connectivity index (χ0v) is 14.5. The van der Waals surface area contributed by atoms with Crippen molar-refractivity contribution in [2.45, 2.75) is 46.0 Å². The summed E-state index contributed by atoms with van der Waals surface area (Å²) in [5.74, 6) is 0.369. The van der Waals surface area contributed by atoms with Gasteiger partial charge in [-0.15, -0.1) is 0 Å². The fourth-order valence-corrected chi connectivity index (χ4v) is 2.71. The number of ether oxygens (including phenoxy) is 1. The number of H-pyrrole nitrogens is 1. The lowest BCUT2D eigenvalue weighted by Gasteiger charge is -2.10. The van der Waals surface area contributed by atoms with Gasteiger partial charge in [0.25, 0.3) is 5.56 Å². The largest absolute Gasteiger partial charge is 0.465 e. The number of rotatable bonds is 7. The van der Waals surface area contributed by atoms with Gasteiger partial charge in [-0.25, -0.2) is 9.78 Å². The van der Waals surface area contributed by atoms with Crippen molar-refractivity contribution in [1.29, 1.82) is 0 Å². The highest BCUT2D eigenvalue weighted by Crippen LogP contribution is 2.14. The topological polar surface area (TPSA) is 72.0 Å². The van der Waals surface area contributed by atoms with E-state index in [0.717, 1.165) is 42.8 Å². The summed E-state index contributed by atoms with van der Waals surface area (Å²) in [6.07, 6.45) is 3.86. The van der Waals surface area contributed by atoms with Crippen LogP contribution in [0.5, 0.6) is 0 Å². The van der Waals surface area contributed by atoms with E-state index in [0.29, 0.717) is 17.5 Å². The third-order valence-electron chi connectivity index (χ3n) is 3.85. The molecule has 5 heteroatoms. The summed E-state index contributed by atoms with van der Waals surface area (Å²) >= 11 is 0. The first-order valence-electron chi connectivity index (χ1n) is 8.37. The molecule has 5 nitrogen and oxygen atoms in total. The van der Waals surface area contributed by atoms with Gasteiger partial charge in [-0.3, -0.25) is 4.79 Å². The molecule has 1 N–H and O–H groups in total. The Morgan fingerprint density at radius 2 is 1.96 bits per heavy atom. The fourth-order valence-electron chi connectivity index (χ4n) is 2.71. The van der Waals surface area contributed by atoms with Crippen LogP contribution in [0.25, 0.3) is 0 Å². The Hall–Kier alpha value is -2.43. The molecule has 24 heavy (non-hydrogen) atoms. The highest BCUT2D eigenvalue weighted by Gasteiger charge is 2.13. The van der Waals surface area contributed by atoms with E-state index in [1.54, 1.807) is 18.2 Å². The standard InChI is InChI=1S/C19H24N2O3/c1-4-7-16-15(18(22)21-17(20-16)8-5-2)12-13-9-6-10-14(11-13)19(23)24-3/h6,9-11H,4-5,7-8,12H2,1-3H3,(H,20,21,22). The minimum Gasteiger partial charge on any atom is -0.465 e. The van der Waals surface area contributed by atoms with Crippen LogP contribution in [0.2, 0.25) is 0 Å². The van der Waals surface area contributed by atoms with Gasteiger partial charge in [0.15, 0.2) is 0 Å². The van der Waals surface area contributed by atoms with Gasteiger partial charge in [0.2, 0.25) is 0 Å². The molecule has 1 aromatic heterocycles. The normalized spacial score (nSPS) is 10.6. The molecule has 0 radical (unpaired) electrons. The van der Waals surface area contributed by atoms with Crippen molar-refractivity contribution in [3.05, 3.63) is 62.8 Å². The maximum absolute atomic E-state index is 12.5. The maximum Gasteiger partial charge on any atom is 0.337 e. The number of carbonyl (C=O) groups excluding carboxylic acids is 1. The van der Waals surface area contributed by atoms with E-state index in [1.807, 2.05) is 6.07 Å². The Balaban J connectivity index is 2.38. The minimum atomic E-state index is -0.379. The summed E-state index contributed by atoms with van der Waals surface area (Å²) in [6, 6.07) is 7.17. The number of esters is 1. The second kappa shape index (κ2) is 8.43. The maximum atomic E-state index is 12.5. The predicted molar refractivity (Wildman–Crippen MR) is 93.4 cm³/mol. The van der Waals surface area contributed by atoms with Crippen LogP contribution < -0.4 is 5.56 Å². The molecule has 0 aliphatic rings. The summed E-state index contributed by atoms with van der Waals surface area (Å²) < 4.78 is 4.75. The number of benzene rings is 1. The Morgan fingerprint density at radius 3 is 2.62 bits per heavy atom. The second-order valence-electron chi connectivity index (χ2n) is 5.81. The molecule has 2 rings (SSSR count). The summed E-state index contributed by atoms with van der Waals surface area (Å²) in [5, 5.41) is 0. The highest BCUT2D eigenvalue weighted by atomic mass is 16.5. The summed E-state index contributed by atoms with van der Waals surface area (Å²) in [7, 11) is 1.36. The van der Waals surface area contributed by atoms with Crippen LogP contribution in [0.4, 0.5) is 0 Å². The fraction of sp³-hybridized carbons (Fsp3) is 0.421. The lowest BCUT2D eigenvalue weighted by molar-refractivity contribution is 0.0600. The average molecular weight is 328 g/mol. The molecule has 0 unspecified atom stereocenters. The zero-order chi connectivity index (χ0) is 17.5. The van der Waals surface area contributed by atoms with Crippen molar-refractivity contribution < 1.29 is 9.53 Å². The van der Waals surface area contributed by atoms with Crippen LogP contribution in [-0.4, -0.2) is 23.0 Å². The van der Waals surface area contributed by atoms with Crippen LogP contribution in [0, 0.1) is 0 Å². The van der Waals surface area contributed by atoms with E-state index in [4.69, 9.17) is 4.74 Å². The van der Waals surface area contributed by atoms with Gasteiger partial charge in [-0.1, -0.05) is 32.4 Å². The molecule has 0 saturated carbocycles. The summed E-state index contributed by atoms with van der Waals surface area (Å²) in [6.45, 7) is 4.13. The molecule has 0 atom stereocenters. The average Bonchev–Trinajstić information content (AvgIpc) is 2.58. The minimum absolute atomic E-state index is 0.0830. The van der Waals surface area contributed by atoms with Gasteiger partial charge in [0.1, 0.15) is 5.82 Å². The zero-order valence-electron chi connectivity index (χ0n) is 14.5. The van der Waals surface area contributed by atoms with Crippen molar-refractivity contribution in [2.75, 3.05) is 7.11 Å². The Morgan fingerprint density at radius 1 is 1.21 bits per heavy atom. The second-order valence-corrected chi connectivity index (χ2v) is 5.81. The lowest BCUT2D eigenvalue weighted by atomic mass is 10.0. The molecular weight excluding hydrogens is 304 g/mol. The quantitative estimate of drug-likeness (QED) is 0.793. The first-order valence-corrected chi connectivity index (χ1v) is 8.37. The van der Waals surface area contributed by atoms with E-state index >= 15 is 0 Å². The van der Waals surface area contributed by atoms with Crippen molar-refractivity contribution in [3.63, 3.8) is 0 Å². The molecule has 1 heterocycles. The number of methoxy groups -OCH3 is 1. The molecule has 0 amide bonds. The van der Waals surface area contributed by atoms with Gasteiger partial charge in [0, 0.05) is 18.4 Å². The lowest BCUT2D eigenvalue weighted by Crippen LogP contribution is -2.21. The van der Waals surface area contributed by atoms with E-state index in [9.17, 15) is 9.59 Å². The summed E-state index contributed by atoms with van der Waals surface area (Å²) in [4.78, 5) is 31.7. The molecule has 0 bridgehead atoms. The first kappa shape index (κ1) is 17.9. The Labute approximate surface area is 142 Å². The number of carbonyl (C=O) groups is 1. The number of nitrogens with zero attached hydrogens (tertiary/aromatic N) is 1. The van der Waals surface area contributed by atoms with Crippen molar-refractivity contribution in [2.24, 2.45) is 0 Å². The molecule has 0 saturated heterocycles. The Bertz CT molecular complexity index is 765. The van der Waals surface area contributed by atoms with Gasteiger partial charge < -0.3 is 9.72 Å². The number of aromatic nitrogens is 2. The van der Waals surface area contributed by atoms with Crippen molar-refractivity contribution in [3.8, 4) is 0 Å². The van der Waals surface area contributed by atoms with Crippen molar-refractivity contribution >= 4 is 5.97 Å². The molecule has 1 aromatic carbocycles. The van der Waals surface area contributed by atoms with E-state index in [2.05, 4.69) is 23.8 Å². The number of nitrogens with one attached hydrogen (secondary N) is 1. The molecule has 2 aromatic rings. The first-order chi connectivity index (χ1) is 11.6. The molecule has 128 valence electrons. The number of hydrogen-bond acceptors (Lipinski definition) is 4. The number of hydrogen-bond donors (Lipinski definition) is 1. The Kier molecular flexibility index (Phi) is 6.29. The van der Waals surface area contributed by atoms with Gasteiger partial charge in [0.05, 0.1) is 18.4 Å². The molecule has 0 aliphatic carbocycles. The molecule has 0 fully saturated rings. The SMILES string of the molecule is CCCc1nc(CCC)c(Cc2cccc(C(=O)OC)c2)c(=O)[nH]1. The van der Waals surface area contributed by atoms with Crippen LogP contribution in [0.15, 0.2) is 29.1 Å². The summed E-state index contributed by atoms with van der Waals surface area (Å²) in [5.41, 5.74) is 2.83. The van der Waals surface area contributed by atoms with Crippen LogP contribution in [0.1, 0.15) is 59.7 Å². The van der Waals surface area contributed by atoms with E-state index in [1.165, 1.54) is 7.11 Å². The van der Waals surface area contributed by atoms with E-state index < -0.39 is 0 Å². The van der Waals surface area contributed by atoms with Crippen LogP contribution >= 0.6 is 0 Å². The smallest absolute Gasteiger partial charge is 0.337 e. The van der Waals surface area contributed by atoms with Crippen LogP contribution in [0.3, 0.4) is 0 Å². The molecule has 0 spiro atoms. The monoisotopic (exact) mass is 328 g/mol. The van der Waals surface area contributed by atoms with Gasteiger partial charge >= 0.3 is 5.97 Å². The van der Waals surface area contributed by atoms with E-state index in [-0.39, 0.29) is 11.5 Å². The van der Waals surface area contributed by atoms with Crippen molar-refractivity contribution in [1.82, 2.24) is 9.97 Å². The molecular formula is C19H24N2O3. The number of aryl methyl sites for hydroxylation is 2. The number of aromatic amines is 1. The third-order valence-corrected chi connectivity index (χ3v) is 3.85.